The molecule has 0 amide bonds. The molecular weight excluding hydrogens is 331 g/mol. The zero-order valence-corrected chi connectivity index (χ0v) is 13.1. The molecular formula is C15H19BrF3N. The number of hydrogen-bond donors (Lipinski definition) is 0. The summed E-state index contributed by atoms with van der Waals surface area (Å²) < 4.78 is 39.2. The first-order valence-electron chi connectivity index (χ1n) is 6.96. The van der Waals surface area contributed by atoms with Gasteiger partial charge in [0.25, 0.3) is 0 Å². The van der Waals surface area contributed by atoms with Crippen molar-refractivity contribution in [2.75, 3.05) is 18.0 Å². The zero-order chi connectivity index (χ0) is 14.8. The third-order valence-electron chi connectivity index (χ3n) is 3.89. The second-order valence-corrected chi connectivity index (χ2v) is 5.92. The van der Waals surface area contributed by atoms with E-state index in [-0.39, 0.29) is 5.33 Å². The Balaban J connectivity index is 2.22. The van der Waals surface area contributed by atoms with Crippen molar-refractivity contribution in [2.24, 2.45) is 5.92 Å². The first-order chi connectivity index (χ1) is 9.45. The standard InChI is InChI=1S/C15H19BrF3N/c1-2-3-11-6-7-20(10-11)13-5-4-12(9-16)14(8-13)15(17,18)19/h4-5,8,11H,2-3,6-7,9-10H2,1H3. The molecule has 1 fully saturated rings. The summed E-state index contributed by atoms with van der Waals surface area (Å²) in [6, 6.07) is 4.69. The van der Waals surface area contributed by atoms with Crippen LogP contribution in [-0.4, -0.2) is 13.1 Å². The second-order valence-electron chi connectivity index (χ2n) is 5.36. The predicted octanol–water partition coefficient (Wildman–Crippen LogP) is 5.23. The van der Waals surface area contributed by atoms with Crippen molar-refractivity contribution < 1.29 is 13.2 Å². The topological polar surface area (TPSA) is 3.24 Å². The van der Waals surface area contributed by atoms with E-state index >= 15 is 0 Å². The molecule has 1 saturated heterocycles. The van der Waals surface area contributed by atoms with Crippen LogP contribution in [0.3, 0.4) is 0 Å². The van der Waals surface area contributed by atoms with Gasteiger partial charge < -0.3 is 4.90 Å². The molecule has 0 aromatic heterocycles. The Morgan fingerprint density at radius 3 is 2.70 bits per heavy atom. The highest BCUT2D eigenvalue weighted by Crippen LogP contribution is 2.36. The molecule has 0 bridgehead atoms. The summed E-state index contributed by atoms with van der Waals surface area (Å²) in [5.74, 6) is 0.616. The van der Waals surface area contributed by atoms with Crippen LogP contribution >= 0.6 is 15.9 Å². The van der Waals surface area contributed by atoms with Gasteiger partial charge in [-0.25, -0.2) is 0 Å². The molecule has 0 radical (unpaired) electrons. The van der Waals surface area contributed by atoms with E-state index in [9.17, 15) is 13.2 Å². The van der Waals surface area contributed by atoms with Gasteiger partial charge in [-0.05, 0) is 36.5 Å². The lowest BCUT2D eigenvalue weighted by Gasteiger charge is -2.21. The van der Waals surface area contributed by atoms with Crippen LogP contribution in [0, 0.1) is 5.92 Å². The Morgan fingerprint density at radius 2 is 2.10 bits per heavy atom. The average Bonchev–Trinajstić information content (AvgIpc) is 2.86. The third kappa shape index (κ3) is 3.48. The van der Waals surface area contributed by atoms with Crippen LogP contribution in [0.15, 0.2) is 18.2 Å². The largest absolute Gasteiger partial charge is 0.416 e. The van der Waals surface area contributed by atoms with Gasteiger partial charge in [-0.2, -0.15) is 13.2 Å². The molecule has 0 N–H and O–H groups in total. The normalized spacial score (nSPS) is 19.6. The minimum absolute atomic E-state index is 0.223. The quantitative estimate of drug-likeness (QED) is 0.673. The molecule has 1 nitrogen and oxygen atoms in total. The van der Waals surface area contributed by atoms with Gasteiger partial charge in [0, 0.05) is 24.1 Å². The molecule has 1 unspecified atom stereocenters. The summed E-state index contributed by atoms with van der Waals surface area (Å²) in [7, 11) is 0. The Labute approximate surface area is 126 Å². The van der Waals surface area contributed by atoms with Crippen molar-refractivity contribution in [3.05, 3.63) is 29.3 Å². The summed E-state index contributed by atoms with van der Waals surface area (Å²) in [5.41, 5.74) is 0.469. The van der Waals surface area contributed by atoms with E-state index < -0.39 is 11.7 Å². The van der Waals surface area contributed by atoms with E-state index in [0.29, 0.717) is 17.2 Å². The molecule has 20 heavy (non-hydrogen) atoms. The van der Waals surface area contributed by atoms with E-state index in [0.717, 1.165) is 32.4 Å². The molecule has 1 aromatic carbocycles. The minimum Gasteiger partial charge on any atom is -0.371 e. The third-order valence-corrected chi connectivity index (χ3v) is 4.49. The number of alkyl halides is 4. The Kier molecular flexibility index (Phi) is 4.99. The molecule has 0 saturated carbocycles. The number of benzene rings is 1. The van der Waals surface area contributed by atoms with Crippen molar-refractivity contribution in [3.63, 3.8) is 0 Å². The predicted molar refractivity (Wildman–Crippen MR) is 79.3 cm³/mol. The highest BCUT2D eigenvalue weighted by molar-refractivity contribution is 9.08. The van der Waals surface area contributed by atoms with Gasteiger partial charge in [0.05, 0.1) is 5.56 Å². The summed E-state index contributed by atoms with van der Waals surface area (Å²) in [6.45, 7) is 3.88. The van der Waals surface area contributed by atoms with E-state index in [1.807, 2.05) is 0 Å². The summed E-state index contributed by atoms with van der Waals surface area (Å²) in [4.78, 5) is 2.08. The summed E-state index contributed by atoms with van der Waals surface area (Å²) in [5, 5.41) is 0.223. The number of anilines is 1. The number of nitrogens with zero attached hydrogens (tertiary/aromatic N) is 1. The fraction of sp³-hybridized carbons (Fsp3) is 0.600. The summed E-state index contributed by atoms with van der Waals surface area (Å²) in [6.07, 6.45) is -0.923. The number of halogens is 4. The van der Waals surface area contributed by atoms with Gasteiger partial charge >= 0.3 is 6.18 Å². The molecule has 5 heteroatoms. The van der Waals surface area contributed by atoms with Crippen LogP contribution in [0.25, 0.3) is 0 Å². The van der Waals surface area contributed by atoms with Gasteiger partial charge in [-0.15, -0.1) is 0 Å². The molecule has 112 valence electrons. The highest BCUT2D eigenvalue weighted by Gasteiger charge is 2.34. The Hall–Kier alpha value is -0.710. The van der Waals surface area contributed by atoms with Gasteiger partial charge in [-0.1, -0.05) is 35.3 Å². The van der Waals surface area contributed by atoms with Crippen LogP contribution in [-0.2, 0) is 11.5 Å². The van der Waals surface area contributed by atoms with Crippen molar-refractivity contribution in [2.45, 2.75) is 37.7 Å². The second kappa shape index (κ2) is 6.37. The van der Waals surface area contributed by atoms with E-state index in [1.165, 1.54) is 6.07 Å². The molecule has 2 rings (SSSR count). The van der Waals surface area contributed by atoms with Crippen LogP contribution in [0.2, 0.25) is 0 Å². The van der Waals surface area contributed by atoms with Gasteiger partial charge in [0.2, 0.25) is 0 Å². The minimum atomic E-state index is -4.29. The lowest BCUT2D eigenvalue weighted by Crippen LogP contribution is -2.20. The highest BCUT2D eigenvalue weighted by atomic mass is 79.9. The SMILES string of the molecule is CCCC1CCN(c2ccc(CBr)c(C(F)(F)F)c2)C1. The Bertz CT molecular complexity index is 459. The van der Waals surface area contributed by atoms with Gasteiger partial charge in [0.1, 0.15) is 0 Å². The van der Waals surface area contributed by atoms with Crippen molar-refractivity contribution in [1.82, 2.24) is 0 Å². The lowest BCUT2D eigenvalue weighted by molar-refractivity contribution is -0.138. The molecule has 1 aromatic rings. The summed E-state index contributed by atoms with van der Waals surface area (Å²) >= 11 is 3.13. The zero-order valence-electron chi connectivity index (χ0n) is 11.5. The lowest BCUT2D eigenvalue weighted by atomic mass is 10.0. The van der Waals surface area contributed by atoms with Crippen molar-refractivity contribution in [3.8, 4) is 0 Å². The van der Waals surface area contributed by atoms with Gasteiger partial charge in [-0.3, -0.25) is 0 Å². The molecule has 0 spiro atoms. The van der Waals surface area contributed by atoms with E-state index in [2.05, 4.69) is 27.8 Å². The molecule has 1 heterocycles. The molecule has 1 aliphatic heterocycles. The fourth-order valence-electron chi connectivity index (χ4n) is 2.85. The first-order valence-corrected chi connectivity index (χ1v) is 8.09. The maximum absolute atomic E-state index is 13.1. The number of rotatable bonds is 4. The molecule has 0 aliphatic carbocycles. The van der Waals surface area contributed by atoms with E-state index in [4.69, 9.17) is 0 Å². The maximum Gasteiger partial charge on any atom is 0.416 e. The van der Waals surface area contributed by atoms with Crippen LogP contribution < -0.4 is 4.90 Å². The Morgan fingerprint density at radius 1 is 1.35 bits per heavy atom. The average molecular weight is 350 g/mol. The van der Waals surface area contributed by atoms with E-state index in [1.54, 1.807) is 12.1 Å². The van der Waals surface area contributed by atoms with Crippen molar-refractivity contribution in [1.29, 1.82) is 0 Å². The van der Waals surface area contributed by atoms with Crippen molar-refractivity contribution >= 4 is 21.6 Å². The maximum atomic E-state index is 13.1. The van der Waals surface area contributed by atoms with Crippen LogP contribution in [0.4, 0.5) is 18.9 Å². The first kappa shape index (κ1) is 15.7. The van der Waals surface area contributed by atoms with Gasteiger partial charge in [0.15, 0.2) is 0 Å². The number of hydrogen-bond acceptors (Lipinski definition) is 1. The fourth-order valence-corrected chi connectivity index (χ4v) is 3.34. The van der Waals surface area contributed by atoms with Crippen LogP contribution in [0.1, 0.15) is 37.3 Å². The molecule has 1 aliphatic rings. The monoisotopic (exact) mass is 349 g/mol. The van der Waals surface area contributed by atoms with Crippen LogP contribution in [0.5, 0.6) is 0 Å². The smallest absolute Gasteiger partial charge is 0.371 e. The molecule has 1 atom stereocenters.